The van der Waals surface area contributed by atoms with E-state index in [9.17, 15) is 21.6 Å². The Morgan fingerprint density at radius 2 is 1.91 bits per heavy atom. The summed E-state index contributed by atoms with van der Waals surface area (Å²) in [5.74, 6) is 0. The maximum atomic E-state index is 12.7. The number of benzene rings is 1. The minimum absolute atomic E-state index is 0.0670. The first-order valence-electron chi connectivity index (χ1n) is 7.12. The number of alkyl halides is 3. The van der Waals surface area contributed by atoms with Gasteiger partial charge in [0.15, 0.2) is 0 Å². The van der Waals surface area contributed by atoms with E-state index < -0.39 is 27.8 Å². The van der Waals surface area contributed by atoms with E-state index in [4.69, 9.17) is 10.5 Å². The third-order valence-corrected chi connectivity index (χ3v) is 5.97. The number of hydrogen-bond acceptors (Lipinski definition) is 4. The number of nitrogens with zero attached hydrogens (tertiary/aromatic N) is 1. The Balaban J connectivity index is 2.27. The highest BCUT2D eigenvalue weighted by Gasteiger charge is 2.37. The number of sulfonamides is 1. The zero-order valence-electron chi connectivity index (χ0n) is 12.6. The number of hydrogen-bond donors (Lipinski definition) is 1. The van der Waals surface area contributed by atoms with Gasteiger partial charge in [-0.05, 0) is 37.1 Å². The van der Waals surface area contributed by atoms with Crippen molar-refractivity contribution in [3.05, 3.63) is 29.8 Å². The van der Waals surface area contributed by atoms with E-state index in [1.165, 1.54) is 4.31 Å². The zero-order valence-corrected chi connectivity index (χ0v) is 13.4. The Bertz CT molecular complexity index is 632. The molecule has 2 atom stereocenters. The predicted octanol–water partition coefficient (Wildman–Crippen LogP) is 1.83. The number of rotatable bonds is 4. The topological polar surface area (TPSA) is 72.6 Å². The van der Waals surface area contributed by atoms with Crippen LogP contribution in [-0.2, 0) is 20.9 Å². The summed E-state index contributed by atoms with van der Waals surface area (Å²) in [6.45, 7) is 0.351. The minimum Gasteiger partial charge on any atom is -0.381 e. The highest BCUT2D eigenvalue weighted by molar-refractivity contribution is 7.89. The van der Waals surface area contributed by atoms with Gasteiger partial charge in [-0.15, -0.1) is 0 Å². The molecule has 0 aliphatic carbocycles. The summed E-state index contributed by atoms with van der Waals surface area (Å²) >= 11 is 0. The van der Waals surface area contributed by atoms with Gasteiger partial charge in [0.1, 0.15) is 0 Å². The van der Waals surface area contributed by atoms with Crippen LogP contribution in [0.1, 0.15) is 18.4 Å². The fourth-order valence-corrected chi connectivity index (χ4v) is 4.35. The first-order valence-corrected chi connectivity index (χ1v) is 8.56. The van der Waals surface area contributed by atoms with Crippen molar-refractivity contribution in [1.82, 2.24) is 4.31 Å². The average Bonchev–Trinajstić information content (AvgIpc) is 2.53. The van der Waals surface area contributed by atoms with Gasteiger partial charge in [0, 0.05) is 26.2 Å². The largest absolute Gasteiger partial charge is 0.416 e. The van der Waals surface area contributed by atoms with Gasteiger partial charge in [-0.25, -0.2) is 8.42 Å². The molecule has 0 bridgehead atoms. The van der Waals surface area contributed by atoms with Crippen LogP contribution in [0.4, 0.5) is 13.2 Å². The van der Waals surface area contributed by atoms with Crippen molar-refractivity contribution in [2.45, 2.75) is 36.1 Å². The lowest BCUT2D eigenvalue weighted by molar-refractivity contribution is -0.137. The summed E-state index contributed by atoms with van der Waals surface area (Å²) in [5.41, 5.74) is 4.77. The van der Waals surface area contributed by atoms with Gasteiger partial charge in [-0.1, -0.05) is 0 Å². The first kappa shape index (κ1) is 18.2. The number of methoxy groups -OCH3 is 1. The van der Waals surface area contributed by atoms with E-state index >= 15 is 0 Å². The minimum atomic E-state index is -4.50. The quantitative estimate of drug-likeness (QED) is 0.897. The number of piperidine rings is 1. The van der Waals surface area contributed by atoms with Crippen molar-refractivity contribution in [2.24, 2.45) is 5.73 Å². The van der Waals surface area contributed by atoms with E-state index in [1.54, 1.807) is 7.11 Å². The lowest BCUT2D eigenvalue weighted by atomic mass is 10.0. The van der Waals surface area contributed by atoms with E-state index in [0.717, 1.165) is 24.3 Å². The van der Waals surface area contributed by atoms with Crippen LogP contribution in [0.25, 0.3) is 0 Å². The smallest absolute Gasteiger partial charge is 0.381 e. The second-order valence-corrected chi connectivity index (χ2v) is 7.30. The third-order valence-electron chi connectivity index (χ3n) is 4.01. The summed E-state index contributed by atoms with van der Waals surface area (Å²) in [6, 6.07) is 3.07. The molecule has 0 amide bonds. The zero-order chi connectivity index (χ0) is 17.3. The molecule has 23 heavy (non-hydrogen) atoms. The van der Waals surface area contributed by atoms with E-state index in [0.29, 0.717) is 12.8 Å². The van der Waals surface area contributed by atoms with Crippen LogP contribution in [0, 0.1) is 0 Å². The van der Waals surface area contributed by atoms with Crippen LogP contribution < -0.4 is 5.73 Å². The molecule has 130 valence electrons. The molecule has 1 aromatic rings. The predicted molar refractivity (Wildman–Crippen MR) is 78.2 cm³/mol. The van der Waals surface area contributed by atoms with Crippen molar-refractivity contribution in [3.8, 4) is 0 Å². The van der Waals surface area contributed by atoms with E-state index in [2.05, 4.69) is 0 Å². The van der Waals surface area contributed by atoms with Gasteiger partial charge < -0.3 is 10.5 Å². The van der Waals surface area contributed by atoms with Crippen LogP contribution in [0.3, 0.4) is 0 Å². The van der Waals surface area contributed by atoms with Crippen molar-refractivity contribution in [3.63, 3.8) is 0 Å². The normalized spacial score (nSPS) is 23.9. The molecule has 1 aliphatic rings. The molecule has 2 N–H and O–H groups in total. The van der Waals surface area contributed by atoms with Gasteiger partial charge in [0.25, 0.3) is 0 Å². The van der Waals surface area contributed by atoms with Crippen LogP contribution in [-0.4, -0.2) is 45.1 Å². The molecule has 0 saturated carbocycles. The molecule has 1 aliphatic heterocycles. The molecule has 1 saturated heterocycles. The molecule has 9 heteroatoms. The molecule has 0 spiro atoms. The highest BCUT2D eigenvalue weighted by atomic mass is 32.2. The summed E-state index contributed by atoms with van der Waals surface area (Å²) in [4.78, 5) is -0.167. The molecular weight excluding hydrogens is 333 g/mol. The third kappa shape index (κ3) is 3.85. The Labute approximate surface area is 133 Å². The molecule has 1 fully saturated rings. The van der Waals surface area contributed by atoms with Gasteiger partial charge in [-0.2, -0.15) is 17.5 Å². The summed E-state index contributed by atoms with van der Waals surface area (Å²) < 4.78 is 69.6. The van der Waals surface area contributed by atoms with Crippen LogP contribution in [0.5, 0.6) is 0 Å². The summed E-state index contributed by atoms with van der Waals surface area (Å²) in [5, 5.41) is 0. The number of halogens is 3. The molecule has 0 aromatic heterocycles. The van der Waals surface area contributed by atoms with Crippen LogP contribution in [0.2, 0.25) is 0 Å². The molecule has 1 heterocycles. The summed E-state index contributed by atoms with van der Waals surface area (Å²) in [7, 11) is -2.33. The van der Waals surface area contributed by atoms with Gasteiger partial charge >= 0.3 is 6.18 Å². The lowest BCUT2D eigenvalue weighted by Crippen LogP contribution is -2.51. The Hall–Kier alpha value is -1.16. The van der Waals surface area contributed by atoms with Gasteiger partial charge in [-0.3, -0.25) is 0 Å². The van der Waals surface area contributed by atoms with Crippen molar-refractivity contribution < 1.29 is 26.3 Å². The second kappa shape index (κ2) is 6.76. The van der Waals surface area contributed by atoms with Crippen molar-refractivity contribution >= 4 is 10.0 Å². The van der Waals surface area contributed by atoms with E-state index in [1.807, 2.05) is 0 Å². The molecule has 2 unspecified atom stereocenters. The standard InChI is InChI=1S/C14H19F3N2O3S/c1-22-12-6-7-19(11(8-12)9-18)23(20,21)13-4-2-10(3-5-13)14(15,16)17/h2-5,11-12H,6-9,18H2,1H3. The van der Waals surface area contributed by atoms with Crippen LogP contribution >= 0.6 is 0 Å². The maximum absolute atomic E-state index is 12.7. The fourth-order valence-electron chi connectivity index (χ4n) is 2.69. The second-order valence-electron chi connectivity index (χ2n) is 5.41. The Morgan fingerprint density at radius 3 is 2.39 bits per heavy atom. The SMILES string of the molecule is COC1CCN(S(=O)(=O)c2ccc(C(F)(F)F)cc2)C(CN)C1. The number of ether oxygens (including phenoxy) is 1. The van der Waals surface area contributed by atoms with Crippen molar-refractivity contribution in [1.29, 1.82) is 0 Å². The Morgan fingerprint density at radius 1 is 1.30 bits per heavy atom. The first-order chi connectivity index (χ1) is 10.7. The van der Waals surface area contributed by atoms with Crippen molar-refractivity contribution in [2.75, 3.05) is 20.2 Å². The number of nitrogens with two attached hydrogens (primary N) is 1. The maximum Gasteiger partial charge on any atom is 0.416 e. The van der Waals surface area contributed by atoms with Crippen LogP contribution in [0.15, 0.2) is 29.2 Å². The summed E-state index contributed by atoms with van der Waals surface area (Å²) in [6.07, 6.45) is -3.58. The van der Waals surface area contributed by atoms with Gasteiger partial charge in [0.05, 0.1) is 16.6 Å². The molecular formula is C14H19F3N2O3S. The van der Waals surface area contributed by atoms with Gasteiger partial charge in [0.2, 0.25) is 10.0 Å². The molecule has 5 nitrogen and oxygen atoms in total. The molecule has 0 radical (unpaired) electrons. The average molecular weight is 352 g/mol. The lowest BCUT2D eigenvalue weighted by Gasteiger charge is -2.37. The monoisotopic (exact) mass is 352 g/mol. The van der Waals surface area contributed by atoms with E-state index in [-0.39, 0.29) is 24.1 Å². The molecule has 2 rings (SSSR count). The molecule has 1 aromatic carbocycles. The highest BCUT2D eigenvalue weighted by Crippen LogP contribution is 2.31. The Kier molecular flexibility index (Phi) is 5.34. The fraction of sp³-hybridized carbons (Fsp3) is 0.571.